The summed E-state index contributed by atoms with van der Waals surface area (Å²) < 4.78 is 12.4. The van der Waals surface area contributed by atoms with Crippen molar-refractivity contribution in [3.05, 3.63) is 52.5 Å². The molecule has 2 rings (SSSR count). The van der Waals surface area contributed by atoms with Crippen LogP contribution in [0.15, 0.2) is 46.9 Å². The van der Waals surface area contributed by atoms with Crippen LogP contribution in [0.2, 0.25) is 0 Å². The first-order valence-electron chi connectivity index (χ1n) is 12.3. The van der Waals surface area contributed by atoms with Gasteiger partial charge in [0.25, 0.3) is 5.91 Å². The SMILES string of the molecule is CCCCCCCOc1cccc(NC(=S)NC(=O)c2ccc(OCCCCCC)c(Br)c2)c1. The van der Waals surface area contributed by atoms with Crippen LogP contribution >= 0.6 is 28.1 Å². The molecule has 0 saturated carbocycles. The Balaban J connectivity index is 1.80. The topological polar surface area (TPSA) is 59.6 Å². The third-order valence-electron chi connectivity index (χ3n) is 5.29. The lowest BCUT2D eigenvalue weighted by Crippen LogP contribution is -2.34. The van der Waals surface area contributed by atoms with E-state index < -0.39 is 0 Å². The van der Waals surface area contributed by atoms with Gasteiger partial charge in [-0.2, -0.15) is 0 Å². The molecule has 0 saturated heterocycles. The van der Waals surface area contributed by atoms with Gasteiger partial charge in [0, 0.05) is 17.3 Å². The largest absolute Gasteiger partial charge is 0.494 e. The maximum absolute atomic E-state index is 12.6. The fourth-order valence-electron chi connectivity index (χ4n) is 3.37. The average Bonchev–Trinajstić information content (AvgIpc) is 2.82. The number of nitrogens with one attached hydrogen (secondary N) is 2. The number of unbranched alkanes of at least 4 members (excludes halogenated alkanes) is 7. The molecule has 5 nitrogen and oxygen atoms in total. The molecule has 0 bridgehead atoms. The van der Waals surface area contributed by atoms with Crippen LogP contribution in [-0.4, -0.2) is 24.2 Å². The van der Waals surface area contributed by atoms with Crippen molar-refractivity contribution in [1.82, 2.24) is 5.32 Å². The van der Waals surface area contributed by atoms with Crippen molar-refractivity contribution >= 4 is 44.9 Å². The second-order valence-corrected chi connectivity index (χ2v) is 9.52. The molecule has 2 aromatic carbocycles. The summed E-state index contributed by atoms with van der Waals surface area (Å²) in [6.07, 6.45) is 10.6. The zero-order valence-electron chi connectivity index (χ0n) is 20.3. The quantitative estimate of drug-likeness (QED) is 0.175. The van der Waals surface area contributed by atoms with Gasteiger partial charge in [-0.1, -0.05) is 64.9 Å². The number of carbonyl (C=O) groups excluding carboxylic acids is 1. The van der Waals surface area contributed by atoms with Crippen LogP contribution in [-0.2, 0) is 0 Å². The number of carbonyl (C=O) groups is 1. The summed E-state index contributed by atoms with van der Waals surface area (Å²) in [6.45, 7) is 5.76. The van der Waals surface area contributed by atoms with Gasteiger partial charge < -0.3 is 14.8 Å². The predicted octanol–water partition coefficient (Wildman–Crippen LogP) is 7.88. The number of ether oxygens (including phenoxy) is 2. The van der Waals surface area contributed by atoms with Gasteiger partial charge in [0.05, 0.1) is 17.7 Å². The van der Waals surface area contributed by atoms with Crippen molar-refractivity contribution in [2.45, 2.75) is 71.6 Å². The van der Waals surface area contributed by atoms with E-state index in [-0.39, 0.29) is 11.0 Å². The van der Waals surface area contributed by atoms with Crippen LogP contribution in [0.5, 0.6) is 11.5 Å². The highest BCUT2D eigenvalue weighted by Gasteiger charge is 2.11. The number of hydrogen-bond donors (Lipinski definition) is 2. The molecule has 0 aromatic heterocycles. The van der Waals surface area contributed by atoms with E-state index in [1.54, 1.807) is 18.2 Å². The molecule has 186 valence electrons. The summed E-state index contributed by atoms with van der Waals surface area (Å²) in [6, 6.07) is 12.9. The molecule has 0 radical (unpaired) electrons. The van der Waals surface area contributed by atoms with Crippen LogP contribution in [0, 0.1) is 0 Å². The molecule has 0 fully saturated rings. The summed E-state index contributed by atoms with van der Waals surface area (Å²) >= 11 is 8.83. The van der Waals surface area contributed by atoms with Gasteiger partial charge in [-0.15, -0.1) is 0 Å². The number of amides is 1. The van der Waals surface area contributed by atoms with E-state index >= 15 is 0 Å². The zero-order chi connectivity index (χ0) is 24.6. The standard InChI is InChI=1S/C27H37BrN2O3S/c1-3-5-7-9-11-17-32-23-14-12-13-22(20-23)29-27(34)30-26(31)21-15-16-25(24(28)19-21)33-18-10-8-6-4-2/h12-16,19-20H,3-11,17-18H2,1-2H3,(H2,29,30,31,34). The maximum atomic E-state index is 12.6. The lowest BCUT2D eigenvalue weighted by molar-refractivity contribution is 0.0977. The van der Waals surface area contributed by atoms with Crippen molar-refractivity contribution in [1.29, 1.82) is 0 Å². The fraction of sp³-hybridized carbons (Fsp3) is 0.481. The van der Waals surface area contributed by atoms with E-state index in [0.29, 0.717) is 18.8 Å². The van der Waals surface area contributed by atoms with Crippen LogP contribution in [0.1, 0.15) is 82.0 Å². The second-order valence-electron chi connectivity index (χ2n) is 8.25. The molecule has 0 aliphatic heterocycles. The third kappa shape index (κ3) is 10.9. The van der Waals surface area contributed by atoms with Crippen LogP contribution in [0.3, 0.4) is 0 Å². The molecule has 0 unspecified atom stereocenters. The van der Waals surface area contributed by atoms with E-state index in [2.05, 4.69) is 40.4 Å². The molecule has 2 aromatic rings. The molecule has 1 amide bonds. The van der Waals surface area contributed by atoms with Gasteiger partial charge in [0.15, 0.2) is 5.11 Å². The highest BCUT2D eigenvalue weighted by atomic mass is 79.9. The van der Waals surface area contributed by atoms with Gasteiger partial charge in [0.2, 0.25) is 0 Å². The fourth-order valence-corrected chi connectivity index (χ4v) is 4.07. The van der Waals surface area contributed by atoms with E-state index in [0.717, 1.165) is 40.9 Å². The first-order valence-corrected chi connectivity index (χ1v) is 13.5. The first-order chi connectivity index (χ1) is 16.5. The zero-order valence-corrected chi connectivity index (χ0v) is 22.7. The Hall–Kier alpha value is -2.12. The first kappa shape index (κ1) is 28.1. The number of benzene rings is 2. The minimum Gasteiger partial charge on any atom is -0.494 e. The summed E-state index contributed by atoms with van der Waals surface area (Å²) in [4.78, 5) is 12.6. The normalized spacial score (nSPS) is 10.6. The highest BCUT2D eigenvalue weighted by Crippen LogP contribution is 2.26. The molecule has 34 heavy (non-hydrogen) atoms. The van der Waals surface area contributed by atoms with Gasteiger partial charge in [-0.05, 0) is 71.3 Å². The Morgan fingerprint density at radius 3 is 2.26 bits per heavy atom. The second kappa shape index (κ2) is 16.5. The van der Waals surface area contributed by atoms with E-state index in [1.165, 1.54) is 38.5 Å². The molecule has 0 aliphatic rings. The monoisotopic (exact) mass is 548 g/mol. The average molecular weight is 550 g/mol. The van der Waals surface area contributed by atoms with Crippen molar-refractivity contribution < 1.29 is 14.3 Å². The van der Waals surface area contributed by atoms with E-state index in [4.69, 9.17) is 21.7 Å². The number of rotatable bonds is 15. The molecule has 7 heteroatoms. The highest BCUT2D eigenvalue weighted by molar-refractivity contribution is 9.10. The Bertz CT molecular complexity index is 907. The summed E-state index contributed by atoms with van der Waals surface area (Å²) in [5, 5.41) is 6.01. The lowest BCUT2D eigenvalue weighted by atomic mass is 10.2. The van der Waals surface area contributed by atoms with Crippen molar-refractivity contribution in [2.75, 3.05) is 18.5 Å². The number of hydrogen-bond acceptors (Lipinski definition) is 4. The minimum absolute atomic E-state index is 0.231. The lowest BCUT2D eigenvalue weighted by Gasteiger charge is -2.13. The Morgan fingerprint density at radius 2 is 1.56 bits per heavy atom. The smallest absolute Gasteiger partial charge is 0.257 e. The molecule has 0 heterocycles. The predicted molar refractivity (Wildman–Crippen MR) is 148 cm³/mol. The molecule has 0 aliphatic carbocycles. The van der Waals surface area contributed by atoms with E-state index in [9.17, 15) is 4.79 Å². The Kier molecular flexibility index (Phi) is 13.6. The molecular weight excluding hydrogens is 512 g/mol. The Morgan fingerprint density at radius 1 is 0.882 bits per heavy atom. The van der Waals surface area contributed by atoms with Gasteiger partial charge in [-0.25, -0.2) is 0 Å². The van der Waals surface area contributed by atoms with Crippen molar-refractivity contribution in [2.24, 2.45) is 0 Å². The van der Waals surface area contributed by atoms with Crippen molar-refractivity contribution in [3.8, 4) is 11.5 Å². The van der Waals surface area contributed by atoms with Crippen LogP contribution in [0.4, 0.5) is 5.69 Å². The number of thiocarbonyl (C=S) groups is 1. The summed E-state index contributed by atoms with van der Waals surface area (Å²) in [5.41, 5.74) is 1.26. The maximum Gasteiger partial charge on any atom is 0.257 e. The van der Waals surface area contributed by atoms with Gasteiger partial charge in [-0.3, -0.25) is 10.1 Å². The number of halogens is 1. The molecular formula is C27H37BrN2O3S. The molecule has 2 N–H and O–H groups in total. The summed E-state index contributed by atoms with van der Waals surface area (Å²) in [7, 11) is 0. The van der Waals surface area contributed by atoms with Crippen LogP contribution < -0.4 is 20.1 Å². The van der Waals surface area contributed by atoms with E-state index in [1.807, 2.05) is 24.3 Å². The molecule has 0 atom stereocenters. The minimum atomic E-state index is -0.285. The van der Waals surface area contributed by atoms with Gasteiger partial charge in [0.1, 0.15) is 11.5 Å². The Labute approximate surface area is 218 Å². The summed E-state index contributed by atoms with van der Waals surface area (Å²) in [5.74, 6) is 1.23. The molecule has 0 spiro atoms. The number of anilines is 1. The third-order valence-corrected chi connectivity index (χ3v) is 6.11. The van der Waals surface area contributed by atoms with Crippen molar-refractivity contribution in [3.63, 3.8) is 0 Å². The van der Waals surface area contributed by atoms with Crippen LogP contribution in [0.25, 0.3) is 0 Å². The van der Waals surface area contributed by atoms with Gasteiger partial charge >= 0.3 is 0 Å².